The van der Waals surface area contributed by atoms with E-state index in [1.165, 1.54) is 5.56 Å². The lowest BCUT2D eigenvalue weighted by Crippen LogP contribution is -2.51. The molecule has 2 saturated heterocycles. The van der Waals surface area contributed by atoms with Crippen LogP contribution in [0, 0.1) is 5.41 Å². The number of para-hydroxylation sites is 1. The molecule has 38 heavy (non-hydrogen) atoms. The highest BCUT2D eigenvalue weighted by molar-refractivity contribution is 6.34. The molecule has 0 unspecified atom stereocenters. The molecule has 2 aromatic carbocycles. The number of piperidine rings is 1. The van der Waals surface area contributed by atoms with Crippen LogP contribution in [0.5, 0.6) is 5.75 Å². The van der Waals surface area contributed by atoms with Crippen molar-refractivity contribution in [3.05, 3.63) is 58.6 Å². The Hall–Kier alpha value is -2.77. The number of rotatable bonds is 2. The average Bonchev–Trinajstić information content (AvgIpc) is 2.95. The van der Waals surface area contributed by atoms with Crippen LogP contribution in [0.25, 0.3) is 0 Å². The van der Waals surface area contributed by atoms with Gasteiger partial charge in [0.15, 0.2) is 0 Å². The molecule has 2 aromatic rings. The molecular weight excluding hydrogens is 502 g/mol. The number of morpholine rings is 1. The predicted molar refractivity (Wildman–Crippen MR) is 149 cm³/mol. The van der Waals surface area contributed by atoms with Gasteiger partial charge in [0, 0.05) is 38.9 Å². The summed E-state index contributed by atoms with van der Waals surface area (Å²) in [6.45, 7) is 5.08. The van der Waals surface area contributed by atoms with Crippen molar-refractivity contribution in [2.45, 2.75) is 38.5 Å². The fourth-order valence-corrected chi connectivity index (χ4v) is 6.20. The summed E-state index contributed by atoms with van der Waals surface area (Å²) in [5.41, 5.74) is 2.32. The molecule has 0 radical (unpaired) electrons. The third-order valence-electron chi connectivity index (χ3n) is 8.37. The topological polar surface area (TPSA) is 62.3 Å². The number of carbonyl (C=O) groups is 2. The van der Waals surface area contributed by atoms with E-state index in [0.717, 1.165) is 50.2 Å². The normalized spacial score (nSPS) is 20.8. The third-order valence-corrected chi connectivity index (χ3v) is 8.70. The fraction of sp³-hybridized carbons (Fsp3) is 0.533. The number of hydrogen-bond acceptors (Lipinski definition) is 5. The van der Waals surface area contributed by atoms with Crippen LogP contribution in [0.15, 0.2) is 42.5 Å². The number of carbonyl (C=O) groups excluding carboxylic acids is 2. The van der Waals surface area contributed by atoms with Crippen LogP contribution in [0.4, 0.5) is 5.69 Å². The molecule has 8 heteroatoms. The zero-order valence-electron chi connectivity index (χ0n) is 22.3. The molecule has 3 heterocycles. The van der Waals surface area contributed by atoms with Gasteiger partial charge in [0.05, 0.1) is 35.8 Å². The van der Waals surface area contributed by atoms with Crippen LogP contribution in [0.1, 0.15) is 48.0 Å². The Bertz CT molecular complexity index is 1140. The molecule has 3 aliphatic heterocycles. The van der Waals surface area contributed by atoms with E-state index in [2.05, 4.69) is 17.0 Å². The molecule has 0 saturated carbocycles. The summed E-state index contributed by atoms with van der Waals surface area (Å²) in [5, 5.41) is 0.467. The van der Waals surface area contributed by atoms with Crippen LogP contribution >= 0.6 is 11.6 Å². The van der Waals surface area contributed by atoms with Gasteiger partial charge in [0.2, 0.25) is 5.91 Å². The summed E-state index contributed by atoms with van der Waals surface area (Å²) in [7, 11) is 1.87. The molecule has 2 amide bonds. The minimum absolute atomic E-state index is 0.0566. The van der Waals surface area contributed by atoms with Crippen molar-refractivity contribution in [1.29, 1.82) is 0 Å². The number of hydrogen-bond donors (Lipinski definition) is 0. The van der Waals surface area contributed by atoms with Gasteiger partial charge in [-0.25, -0.2) is 0 Å². The Balaban J connectivity index is 1.27. The summed E-state index contributed by atoms with van der Waals surface area (Å²) in [6.07, 6.45) is 5.09. The van der Waals surface area contributed by atoms with E-state index in [-0.39, 0.29) is 11.8 Å². The Morgan fingerprint density at radius 2 is 1.68 bits per heavy atom. The van der Waals surface area contributed by atoms with Crippen LogP contribution in [-0.2, 0) is 16.0 Å². The van der Waals surface area contributed by atoms with Gasteiger partial charge in [-0.2, -0.15) is 0 Å². The number of aryl methyl sites for hydroxylation is 1. The highest BCUT2D eigenvalue weighted by atomic mass is 35.5. The van der Waals surface area contributed by atoms with E-state index >= 15 is 0 Å². The molecule has 0 bridgehead atoms. The molecule has 0 aromatic heterocycles. The van der Waals surface area contributed by atoms with Gasteiger partial charge in [0.25, 0.3) is 5.91 Å². The molecule has 1 spiro atoms. The van der Waals surface area contributed by atoms with E-state index in [9.17, 15) is 9.59 Å². The van der Waals surface area contributed by atoms with E-state index in [1.54, 1.807) is 0 Å². The highest BCUT2D eigenvalue weighted by Crippen LogP contribution is 2.40. The van der Waals surface area contributed by atoms with Gasteiger partial charge in [-0.15, -0.1) is 0 Å². The zero-order chi connectivity index (χ0) is 26.5. The van der Waals surface area contributed by atoms with E-state index in [1.807, 2.05) is 47.2 Å². The quantitative estimate of drug-likeness (QED) is 0.555. The van der Waals surface area contributed by atoms with E-state index in [0.29, 0.717) is 62.9 Å². The summed E-state index contributed by atoms with van der Waals surface area (Å²) >= 11 is 6.51. The number of benzene rings is 2. The smallest absolute Gasteiger partial charge is 0.255 e. The van der Waals surface area contributed by atoms with Gasteiger partial charge < -0.3 is 24.2 Å². The van der Waals surface area contributed by atoms with E-state index < -0.39 is 5.41 Å². The number of halogens is 1. The Labute approximate surface area is 230 Å². The second-order valence-electron chi connectivity index (χ2n) is 10.7. The largest absolute Gasteiger partial charge is 0.491 e. The first-order valence-corrected chi connectivity index (χ1v) is 14.2. The first kappa shape index (κ1) is 26.8. The first-order chi connectivity index (χ1) is 18.5. The van der Waals surface area contributed by atoms with Gasteiger partial charge in [0.1, 0.15) is 12.4 Å². The van der Waals surface area contributed by atoms with Gasteiger partial charge in [-0.1, -0.05) is 36.2 Å². The number of nitrogens with zero attached hydrogens (tertiary/aromatic N) is 3. The van der Waals surface area contributed by atoms with E-state index in [4.69, 9.17) is 21.1 Å². The predicted octanol–water partition coefficient (Wildman–Crippen LogP) is 4.66. The zero-order valence-corrected chi connectivity index (χ0v) is 23.0. The number of fused-ring (bicyclic) bond motifs is 1. The maximum atomic E-state index is 13.7. The molecule has 7 nitrogen and oxygen atoms in total. The van der Waals surface area contributed by atoms with Crippen molar-refractivity contribution in [1.82, 2.24) is 9.80 Å². The summed E-state index contributed by atoms with van der Waals surface area (Å²) < 4.78 is 11.5. The molecule has 2 fully saturated rings. The molecule has 0 aliphatic carbocycles. The second-order valence-corrected chi connectivity index (χ2v) is 11.1. The molecular formula is C30H38ClN3O4. The van der Waals surface area contributed by atoms with Crippen molar-refractivity contribution >= 4 is 29.1 Å². The minimum atomic E-state index is -0.441. The van der Waals surface area contributed by atoms with Crippen LogP contribution in [0.2, 0.25) is 5.02 Å². The number of likely N-dealkylation sites (tertiary alicyclic amines) is 1. The second kappa shape index (κ2) is 12.0. The Morgan fingerprint density at radius 3 is 2.47 bits per heavy atom. The number of anilines is 1. The van der Waals surface area contributed by atoms with Gasteiger partial charge >= 0.3 is 0 Å². The van der Waals surface area contributed by atoms with Crippen LogP contribution < -0.4 is 9.64 Å². The standard InChI is InChI=1S/C30H38ClN3O4/c1-32-16-21-38-27-8-3-2-6-23(27)7-4-5-11-30(29(32)36)12-14-34(15-13-30)28(35)25-22-24(9-10-26(25)31)33-17-19-37-20-18-33/h2-3,6,8-10,22H,4-5,7,11-21H2,1H3. The van der Waals surface area contributed by atoms with Crippen LogP contribution in [0.3, 0.4) is 0 Å². The number of amides is 2. The summed E-state index contributed by atoms with van der Waals surface area (Å²) in [4.78, 5) is 33.2. The lowest BCUT2D eigenvalue weighted by atomic mass is 9.73. The Morgan fingerprint density at radius 1 is 0.921 bits per heavy atom. The van der Waals surface area contributed by atoms with Gasteiger partial charge in [-0.05, 0) is 61.9 Å². The van der Waals surface area contributed by atoms with Crippen molar-refractivity contribution < 1.29 is 19.1 Å². The van der Waals surface area contributed by atoms with Crippen LogP contribution in [-0.4, -0.2) is 81.2 Å². The van der Waals surface area contributed by atoms with Crippen molar-refractivity contribution in [3.63, 3.8) is 0 Å². The number of ether oxygens (including phenoxy) is 2. The van der Waals surface area contributed by atoms with Crippen molar-refractivity contribution in [3.8, 4) is 5.75 Å². The fourth-order valence-electron chi connectivity index (χ4n) is 6.00. The SMILES string of the molecule is CN1CCOc2ccccc2CCCCC2(CCN(C(=O)c3cc(N4CCOCC4)ccc3Cl)CC2)C1=O. The summed E-state index contributed by atoms with van der Waals surface area (Å²) in [5.74, 6) is 1.04. The molecule has 3 aliphatic rings. The summed E-state index contributed by atoms with van der Waals surface area (Å²) in [6, 6.07) is 13.9. The Kier molecular flexibility index (Phi) is 8.44. The molecule has 5 rings (SSSR count). The number of likely N-dealkylation sites (N-methyl/N-ethyl adjacent to an activating group) is 1. The third kappa shape index (κ3) is 5.79. The lowest BCUT2D eigenvalue weighted by Gasteiger charge is -2.43. The van der Waals surface area contributed by atoms with Crippen molar-refractivity contribution in [2.75, 3.05) is 64.5 Å². The molecule has 204 valence electrons. The molecule has 0 N–H and O–H groups in total. The highest BCUT2D eigenvalue weighted by Gasteiger charge is 2.43. The maximum Gasteiger partial charge on any atom is 0.255 e. The van der Waals surface area contributed by atoms with Crippen molar-refractivity contribution in [2.24, 2.45) is 5.41 Å². The molecule has 0 atom stereocenters. The average molecular weight is 540 g/mol. The maximum absolute atomic E-state index is 13.7. The monoisotopic (exact) mass is 539 g/mol. The minimum Gasteiger partial charge on any atom is -0.491 e. The lowest BCUT2D eigenvalue weighted by molar-refractivity contribution is -0.144. The van der Waals surface area contributed by atoms with Gasteiger partial charge in [-0.3, -0.25) is 9.59 Å². The first-order valence-electron chi connectivity index (χ1n) is 13.8.